The second-order valence-electron chi connectivity index (χ2n) is 6.79. The number of carbonyl (C=O) groups is 2. The van der Waals surface area contributed by atoms with E-state index in [-0.39, 0.29) is 11.9 Å². The highest BCUT2D eigenvalue weighted by Gasteiger charge is 2.48. The second kappa shape index (κ2) is 5.22. The number of likely N-dealkylation sites (tertiary alicyclic amines) is 1. The quantitative estimate of drug-likeness (QED) is 0.800. The first-order chi connectivity index (χ1) is 9.26. The molecule has 1 N–H and O–H groups in total. The number of rotatable bonds is 1. The van der Waals surface area contributed by atoms with Crippen molar-refractivity contribution in [3.8, 4) is 0 Å². The van der Waals surface area contributed by atoms with E-state index >= 15 is 0 Å². The predicted molar refractivity (Wildman–Crippen MR) is 72.0 cm³/mol. The van der Waals surface area contributed by atoms with E-state index in [0.717, 1.165) is 0 Å². The van der Waals surface area contributed by atoms with E-state index in [1.54, 1.807) is 4.90 Å². The SMILES string of the molecule is CC(C)(C)OC(=O)N1CCC2(CF)CCC(=O)NC2C1. The van der Waals surface area contributed by atoms with Crippen LogP contribution in [0.4, 0.5) is 9.18 Å². The van der Waals surface area contributed by atoms with E-state index in [1.165, 1.54) is 0 Å². The van der Waals surface area contributed by atoms with Crippen molar-refractivity contribution in [3.05, 3.63) is 0 Å². The molecule has 0 aromatic carbocycles. The normalized spacial score (nSPS) is 30.5. The molecule has 2 atom stereocenters. The van der Waals surface area contributed by atoms with Crippen LogP contribution in [0.15, 0.2) is 0 Å². The summed E-state index contributed by atoms with van der Waals surface area (Å²) in [6.45, 7) is 5.77. The number of nitrogens with zero attached hydrogens (tertiary/aromatic N) is 1. The Morgan fingerprint density at radius 1 is 1.50 bits per heavy atom. The van der Waals surface area contributed by atoms with Crippen LogP contribution in [0.5, 0.6) is 0 Å². The Morgan fingerprint density at radius 3 is 2.80 bits per heavy atom. The summed E-state index contributed by atoms with van der Waals surface area (Å²) in [6, 6.07) is -0.310. The van der Waals surface area contributed by atoms with Crippen molar-refractivity contribution < 1.29 is 18.7 Å². The fourth-order valence-corrected chi connectivity index (χ4v) is 2.88. The van der Waals surface area contributed by atoms with Crippen molar-refractivity contribution in [3.63, 3.8) is 0 Å². The molecule has 0 aromatic rings. The number of nitrogens with one attached hydrogen (secondary N) is 1. The van der Waals surface area contributed by atoms with Gasteiger partial charge in [-0.3, -0.25) is 9.18 Å². The summed E-state index contributed by atoms with van der Waals surface area (Å²) < 4.78 is 18.8. The molecule has 2 aliphatic heterocycles. The standard InChI is InChI=1S/C14H23FN2O3/c1-13(2,3)20-12(19)17-7-6-14(9-15)5-4-11(18)16-10(14)8-17/h10H,4-9H2,1-3H3,(H,16,18). The Labute approximate surface area is 118 Å². The number of alkyl halides is 1. The molecule has 0 bridgehead atoms. The number of hydrogen-bond donors (Lipinski definition) is 1. The smallest absolute Gasteiger partial charge is 0.410 e. The van der Waals surface area contributed by atoms with Gasteiger partial charge in [0.2, 0.25) is 5.91 Å². The van der Waals surface area contributed by atoms with Crippen molar-refractivity contribution in [2.75, 3.05) is 19.8 Å². The molecule has 2 heterocycles. The number of piperidine rings is 2. The molecule has 20 heavy (non-hydrogen) atoms. The third kappa shape index (κ3) is 3.04. The van der Waals surface area contributed by atoms with Gasteiger partial charge in [0.15, 0.2) is 0 Å². The van der Waals surface area contributed by atoms with E-state index < -0.39 is 23.8 Å². The van der Waals surface area contributed by atoms with E-state index in [4.69, 9.17) is 4.74 Å². The average Bonchev–Trinajstić information content (AvgIpc) is 2.36. The van der Waals surface area contributed by atoms with Gasteiger partial charge in [0.1, 0.15) is 5.60 Å². The second-order valence-corrected chi connectivity index (χ2v) is 6.79. The minimum absolute atomic E-state index is 0.0647. The zero-order valence-corrected chi connectivity index (χ0v) is 12.4. The van der Waals surface area contributed by atoms with Crippen LogP contribution >= 0.6 is 0 Å². The number of halogens is 1. The van der Waals surface area contributed by atoms with Crippen LogP contribution in [0, 0.1) is 5.41 Å². The molecule has 5 nitrogen and oxygen atoms in total. The van der Waals surface area contributed by atoms with Crippen molar-refractivity contribution in [1.29, 1.82) is 0 Å². The first-order valence-corrected chi connectivity index (χ1v) is 7.09. The summed E-state index contributed by atoms with van der Waals surface area (Å²) in [6.07, 6.45) is 1.09. The van der Waals surface area contributed by atoms with Crippen LogP contribution < -0.4 is 5.32 Å². The van der Waals surface area contributed by atoms with Gasteiger partial charge in [0.05, 0.1) is 12.7 Å². The summed E-state index contributed by atoms with van der Waals surface area (Å²) in [7, 11) is 0. The maximum atomic E-state index is 13.4. The highest BCUT2D eigenvalue weighted by molar-refractivity contribution is 5.77. The zero-order valence-electron chi connectivity index (χ0n) is 12.4. The lowest BCUT2D eigenvalue weighted by atomic mass is 9.70. The Bertz CT molecular complexity index is 408. The van der Waals surface area contributed by atoms with Gasteiger partial charge >= 0.3 is 6.09 Å². The van der Waals surface area contributed by atoms with Gasteiger partial charge in [-0.15, -0.1) is 0 Å². The van der Waals surface area contributed by atoms with Crippen molar-refractivity contribution >= 4 is 12.0 Å². The van der Waals surface area contributed by atoms with Gasteiger partial charge < -0.3 is 15.0 Å². The Hall–Kier alpha value is -1.33. The van der Waals surface area contributed by atoms with Crippen LogP contribution in [-0.2, 0) is 9.53 Å². The Morgan fingerprint density at radius 2 is 2.20 bits per heavy atom. The van der Waals surface area contributed by atoms with Crippen molar-refractivity contribution in [1.82, 2.24) is 10.2 Å². The molecule has 2 aliphatic rings. The van der Waals surface area contributed by atoms with Gasteiger partial charge in [-0.1, -0.05) is 0 Å². The number of amides is 2. The molecule has 2 saturated heterocycles. The predicted octanol–water partition coefficient (Wildman–Crippen LogP) is 1.86. The lowest BCUT2D eigenvalue weighted by molar-refractivity contribution is -0.129. The first kappa shape index (κ1) is 15.1. The third-order valence-corrected chi connectivity index (χ3v) is 4.12. The van der Waals surface area contributed by atoms with Crippen LogP contribution in [0.2, 0.25) is 0 Å². The van der Waals surface area contributed by atoms with E-state index in [0.29, 0.717) is 32.4 Å². The lowest BCUT2D eigenvalue weighted by Gasteiger charge is -2.49. The van der Waals surface area contributed by atoms with E-state index in [9.17, 15) is 14.0 Å². The molecule has 0 aliphatic carbocycles. The highest BCUT2D eigenvalue weighted by Crippen LogP contribution is 2.39. The van der Waals surface area contributed by atoms with Gasteiger partial charge in [-0.25, -0.2) is 4.79 Å². The van der Waals surface area contributed by atoms with Crippen molar-refractivity contribution in [2.24, 2.45) is 5.41 Å². The Kier molecular flexibility index (Phi) is 3.93. The fourth-order valence-electron chi connectivity index (χ4n) is 2.88. The van der Waals surface area contributed by atoms with Crippen molar-refractivity contribution in [2.45, 2.75) is 51.7 Å². The summed E-state index contributed by atoms with van der Waals surface area (Å²) in [5, 5.41) is 2.83. The highest BCUT2D eigenvalue weighted by atomic mass is 19.1. The van der Waals surface area contributed by atoms with Crippen LogP contribution in [-0.4, -0.2) is 48.3 Å². The molecule has 6 heteroatoms. The first-order valence-electron chi connectivity index (χ1n) is 7.09. The fraction of sp³-hybridized carbons (Fsp3) is 0.857. The monoisotopic (exact) mass is 286 g/mol. The molecular weight excluding hydrogens is 263 g/mol. The topological polar surface area (TPSA) is 58.6 Å². The summed E-state index contributed by atoms with van der Waals surface area (Å²) in [5.41, 5.74) is -1.06. The van der Waals surface area contributed by atoms with Gasteiger partial charge in [-0.2, -0.15) is 0 Å². The molecule has 2 fully saturated rings. The zero-order chi connectivity index (χ0) is 15.0. The lowest BCUT2D eigenvalue weighted by Crippen LogP contribution is -2.63. The maximum absolute atomic E-state index is 13.4. The summed E-state index contributed by atoms with van der Waals surface area (Å²) in [4.78, 5) is 25.1. The Balaban J connectivity index is 2.05. The minimum Gasteiger partial charge on any atom is -0.444 e. The summed E-state index contributed by atoms with van der Waals surface area (Å²) in [5.74, 6) is -0.0647. The van der Waals surface area contributed by atoms with Crippen LogP contribution in [0.3, 0.4) is 0 Å². The van der Waals surface area contributed by atoms with Gasteiger partial charge in [0.25, 0.3) is 0 Å². The van der Waals surface area contributed by atoms with Crippen LogP contribution in [0.1, 0.15) is 40.0 Å². The van der Waals surface area contributed by atoms with E-state index in [2.05, 4.69) is 5.32 Å². The third-order valence-electron chi connectivity index (χ3n) is 4.12. The number of ether oxygens (including phenoxy) is 1. The largest absolute Gasteiger partial charge is 0.444 e. The molecule has 2 amide bonds. The maximum Gasteiger partial charge on any atom is 0.410 e. The number of carbonyl (C=O) groups excluding carboxylic acids is 2. The van der Waals surface area contributed by atoms with Gasteiger partial charge in [-0.05, 0) is 33.6 Å². The number of fused-ring (bicyclic) bond motifs is 1. The molecule has 2 unspecified atom stereocenters. The minimum atomic E-state index is -0.554. The molecule has 2 rings (SSSR count). The molecule has 0 spiro atoms. The molecule has 0 radical (unpaired) electrons. The summed E-state index contributed by atoms with van der Waals surface area (Å²) >= 11 is 0. The number of hydrogen-bond acceptors (Lipinski definition) is 3. The molecule has 0 saturated carbocycles. The molecule has 0 aromatic heterocycles. The molecular formula is C14H23FN2O3. The molecule has 114 valence electrons. The average molecular weight is 286 g/mol. The van der Waals surface area contributed by atoms with Gasteiger partial charge in [0, 0.05) is 24.9 Å². The van der Waals surface area contributed by atoms with Crippen LogP contribution in [0.25, 0.3) is 0 Å². The van der Waals surface area contributed by atoms with E-state index in [1.807, 2.05) is 20.8 Å².